The number of unbranched alkanes of at least 4 members (excludes halogenated alkanes) is 3. The van der Waals surface area contributed by atoms with Gasteiger partial charge in [0.25, 0.3) is 0 Å². The van der Waals surface area contributed by atoms with E-state index in [0.717, 1.165) is 31.9 Å². The Balaban J connectivity index is 2.96. The number of benzene rings is 1. The molecule has 0 aliphatic carbocycles. The van der Waals surface area contributed by atoms with Gasteiger partial charge in [0.15, 0.2) is 5.75 Å². The molecule has 1 aromatic carbocycles. The lowest BCUT2D eigenvalue weighted by molar-refractivity contribution is -0.386. The fourth-order valence-corrected chi connectivity index (χ4v) is 1.88. The molecule has 7 heteroatoms. The van der Waals surface area contributed by atoms with Crippen LogP contribution in [0.1, 0.15) is 38.2 Å². The zero-order chi connectivity index (χ0) is 15.7. The SMILES string of the molecule is CCCCCCOc1c(OC)cc(/C=N\O)cc1[N+](=O)[O-]. The van der Waals surface area contributed by atoms with Crippen molar-refractivity contribution in [2.24, 2.45) is 5.16 Å². The normalized spacial score (nSPS) is 10.8. The van der Waals surface area contributed by atoms with Crippen molar-refractivity contribution in [3.05, 3.63) is 27.8 Å². The lowest BCUT2D eigenvalue weighted by Crippen LogP contribution is -2.04. The van der Waals surface area contributed by atoms with Gasteiger partial charge in [0.1, 0.15) is 0 Å². The average molecular weight is 296 g/mol. The van der Waals surface area contributed by atoms with Crippen LogP contribution in [0.25, 0.3) is 0 Å². The Morgan fingerprint density at radius 3 is 2.71 bits per heavy atom. The number of hydrogen-bond acceptors (Lipinski definition) is 6. The minimum absolute atomic E-state index is 0.106. The summed E-state index contributed by atoms with van der Waals surface area (Å²) >= 11 is 0. The molecule has 1 rings (SSSR count). The summed E-state index contributed by atoms with van der Waals surface area (Å²) in [5.74, 6) is 0.351. The molecule has 116 valence electrons. The number of nitrogens with zero attached hydrogens (tertiary/aromatic N) is 2. The Morgan fingerprint density at radius 1 is 1.38 bits per heavy atom. The molecule has 0 spiro atoms. The van der Waals surface area contributed by atoms with Crippen LogP contribution >= 0.6 is 0 Å². The van der Waals surface area contributed by atoms with Gasteiger partial charge in [-0.2, -0.15) is 0 Å². The van der Waals surface area contributed by atoms with Crippen LogP contribution in [-0.4, -0.2) is 30.1 Å². The zero-order valence-corrected chi connectivity index (χ0v) is 12.2. The number of oxime groups is 1. The highest BCUT2D eigenvalue weighted by molar-refractivity contribution is 5.82. The molecular formula is C14H20N2O5. The van der Waals surface area contributed by atoms with Gasteiger partial charge >= 0.3 is 5.69 Å². The third kappa shape index (κ3) is 4.94. The van der Waals surface area contributed by atoms with Gasteiger partial charge in [0, 0.05) is 11.6 Å². The molecule has 0 radical (unpaired) electrons. The molecule has 0 atom stereocenters. The van der Waals surface area contributed by atoms with E-state index in [0.29, 0.717) is 12.2 Å². The fraction of sp³-hybridized carbons (Fsp3) is 0.500. The largest absolute Gasteiger partial charge is 0.493 e. The summed E-state index contributed by atoms with van der Waals surface area (Å²) in [5.41, 5.74) is 0.152. The van der Waals surface area contributed by atoms with Gasteiger partial charge in [-0.1, -0.05) is 31.3 Å². The number of ether oxygens (including phenoxy) is 2. The highest BCUT2D eigenvalue weighted by atomic mass is 16.6. The third-order valence-electron chi connectivity index (χ3n) is 2.93. The van der Waals surface area contributed by atoms with Gasteiger partial charge in [0.2, 0.25) is 5.75 Å². The Morgan fingerprint density at radius 2 is 2.14 bits per heavy atom. The Bertz CT molecular complexity index is 502. The number of nitro benzene ring substituents is 1. The molecule has 1 aromatic rings. The second-order valence-corrected chi connectivity index (χ2v) is 4.48. The molecule has 7 nitrogen and oxygen atoms in total. The maximum Gasteiger partial charge on any atom is 0.315 e. The van der Waals surface area contributed by atoms with Crippen LogP contribution in [0.15, 0.2) is 17.3 Å². The maximum absolute atomic E-state index is 11.1. The molecule has 0 unspecified atom stereocenters. The standard InChI is InChI=1S/C14H20N2O5/c1-3-4-5-6-7-21-14-12(16(18)19)8-11(10-15-17)9-13(14)20-2/h8-10,17H,3-7H2,1-2H3/b15-10-. The summed E-state index contributed by atoms with van der Waals surface area (Å²) in [4.78, 5) is 10.6. The molecule has 0 aliphatic heterocycles. The van der Waals surface area contributed by atoms with Crippen molar-refractivity contribution < 1.29 is 19.6 Å². The summed E-state index contributed by atoms with van der Waals surface area (Å²) in [6.45, 7) is 2.50. The van der Waals surface area contributed by atoms with Crippen molar-refractivity contribution in [3.8, 4) is 11.5 Å². The second-order valence-electron chi connectivity index (χ2n) is 4.48. The van der Waals surface area contributed by atoms with Gasteiger partial charge in [-0.15, -0.1) is 0 Å². The minimum Gasteiger partial charge on any atom is -0.493 e. The maximum atomic E-state index is 11.1. The summed E-state index contributed by atoms with van der Waals surface area (Å²) in [7, 11) is 1.41. The van der Waals surface area contributed by atoms with Crippen LogP contribution in [0.5, 0.6) is 11.5 Å². The van der Waals surface area contributed by atoms with E-state index >= 15 is 0 Å². The van der Waals surface area contributed by atoms with Gasteiger partial charge in [-0.25, -0.2) is 0 Å². The number of methoxy groups -OCH3 is 1. The van der Waals surface area contributed by atoms with Gasteiger partial charge in [0.05, 0.1) is 24.9 Å². The van der Waals surface area contributed by atoms with E-state index in [1.807, 2.05) is 0 Å². The monoisotopic (exact) mass is 296 g/mol. The van der Waals surface area contributed by atoms with E-state index in [1.165, 1.54) is 19.2 Å². The van der Waals surface area contributed by atoms with E-state index in [2.05, 4.69) is 12.1 Å². The average Bonchev–Trinajstić information content (AvgIpc) is 2.47. The molecule has 0 aliphatic rings. The number of nitro groups is 1. The van der Waals surface area contributed by atoms with E-state index in [-0.39, 0.29) is 17.2 Å². The van der Waals surface area contributed by atoms with E-state index in [4.69, 9.17) is 14.7 Å². The van der Waals surface area contributed by atoms with E-state index < -0.39 is 4.92 Å². The van der Waals surface area contributed by atoms with Crippen molar-refractivity contribution >= 4 is 11.9 Å². The predicted octanol–water partition coefficient (Wildman–Crippen LogP) is 3.37. The van der Waals surface area contributed by atoms with Crippen molar-refractivity contribution in [2.75, 3.05) is 13.7 Å². The Hall–Kier alpha value is -2.31. The smallest absolute Gasteiger partial charge is 0.315 e. The minimum atomic E-state index is -0.543. The van der Waals surface area contributed by atoms with Crippen molar-refractivity contribution in [1.82, 2.24) is 0 Å². The summed E-state index contributed by atoms with van der Waals surface area (Å²) in [6, 6.07) is 2.80. The fourth-order valence-electron chi connectivity index (χ4n) is 1.88. The molecule has 21 heavy (non-hydrogen) atoms. The first-order valence-electron chi connectivity index (χ1n) is 6.80. The van der Waals surface area contributed by atoms with Crippen molar-refractivity contribution in [2.45, 2.75) is 32.6 Å². The van der Waals surface area contributed by atoms with Gasteiger partial charge in [-0.05, 0) is 12.5 Å². The zero-order valence-electron chi connectivity index (χ0n) is 12.2. The molecule has 0 amide bonds. The summed E-state index contributed by atoms with van der Waals surface area (Å²) < 4.78 is 10.7. The molecule has 0 saturated heterocycles. The van der Waals surface area contributed by atoms with Crippen LogP contribution in [0.2, 0.25) is 0 Å². The number of rotatable bonds is 9. The Labute approximate surface area is 123 Å². The Kier molecular flexibility index (Phi) is 7.00. The van der Waals surface area contributed by atoms with Crippen LogP contribution in [0.3, 0.4) is 0 Å². The summed E-state index contributed by atoms with van der Waals surface area (Å²) in [5, 5.41) is 22.5. The third-order valence-corrected chi connectivity index (χ3v) is 2.93. The first-order valence-corrected chi connectivity index (χ1v) is 6.80. The molecule has 1 N–H and O–H groups in total. The molecule has 0 heterocycles. The van der Waals surface area contributed by atoms with Gasteiger partial charge in [-0.3, -0.25) is 10.1 Å². The summed E-state index contributed by atoms with van der Waals surface area (Å²) in [6.07, 6.45) is 5.16. The quantitative estimate of drug-likeness (QED) is 0.248. The highest BCUT2D eigenvalue weighted by Crippen LogP contribution is 2.38. The van der Waals surface area contributed by atoms with E-state index in [1.54, 1.807) is 0 Å². The highest BCUT2D eigenvalue weighted by Gasteiger charge is 2.22. The first kappa shape index (κ1) is 16.7. The molecule has 0 fully saturated rings. The first-order chi connectivity index (χ1) is 10.1. The van der Waals surface area contributed by atoms with Crippen LogP contribution < -0.4 is 9.47 Å². The van der Waals surface area contributed by atoms with Crippen molar-refractivity contribution in [1.29, 1.82) is 0 Å². The second kappa shape index (κ2) is 8.78. The van der Waals surface area contributed by atoms with Crippen LogP contribution in [0.4, 0.5) is 5.69 Å². The number of hydrogen-bond donors (Lipinski definition) is 1. The lowest BCUT2D eigenvalue weighted by atomic mass is 10.1. The molecular weight excluding hydrogens is 276 g/mol. The van der Waals surface area contributed by atoms with Gasteiger partial charge < -0.3 is 14.7 Å². The van der Waals surface area contributed by atoms with Crippen LogP contribution in [-0.2, 0) is 0 Å². The predicted molar refractivity (Wildman–Crippen MR) is 78.7 cm³/mol. The molecule has 0 aromatic heterocycles. The topological polar surface area (TPSA) is 94.2 Å². The van der Waals surface area contributed by atoms with Crippen LogP contribution in [0, 0.1) is 10.1 Å². The molecule has 0 saturated carbocycles. The molecule has 0 bridgehead atoms. The lowest BCUT2D eigenvalue weighted by Gasteiger charge is -2.11. The van der Waals surface area contributed by atoms with E-state index in [9.17, 15) is 10.1 Å². The van der Waals surface area contributed by atoms with Crippen molar-refractivity contribution in [3.63, 3.8) is 0 Å².